The van der Waals surface area contributed by atoms with Crippen molar-refractivity contribution in [2.24, 2.45) is 0 Å². The van der Waals surface area contributed by atoms with Gasteiger partial charge in [0.05, 0.1) is 28.4 Å². The van der Waals surface area contributed by atoms with Gasteiger partial charge < -0.3 is 14.7 Å². The standard InChI is InChI=1S/C21H22ClN3O3S/c1-2-28-17-12-14(11-15(22)20(17)26)21(27)25-9-7-24(8-10-25)13-19-23-16-5-3-4-6-18(16)29-19/h3-6,11-12,26H,2,7-10,13H2,1H3. The molecule has 0 radical (unpaired) electrons. The first-order valence-electron chi connectivity index (χ1n) is 9.56. The third-order valence-electron chi connectivity index (χ3n) is 4.93. The van der Waals surface area contributed by atoms with Crippen molar-refractivity contribution < 1.29 is 14.6 Å². The molecule has 0 aliphatic carbocycles. The third kappa shape index (κ3) is 4.32. The van der Waals surface area contributed by atoms with Crippen molar-refractivity contribution in [2.75, 3.05) is 32.8 Å². The number of halogens is 1. The molecule has 1 amide bonds. The average molecular weight is 432 g/mol. The summed E-state index contributed by atoms with van der Waals surface area (Å²) in [5.41, 5.74) is 1.46. The average Bonchev–Trinajstić information content (AvgIpc) is 3.13. The number of fused-ring (bicyclic) bond motifs is 1. The monoisotopic (exact) mass is 431 g/mol. The fourth-order valence-electron chi connectivity index (χ4n) is 3.43. The van der Waals surface area contributed by atoms with Gasteiger partial charge in [0.25, 0.3) is 5.91 Å². The molecule has 29 heavy (non-hydrogen) atoms. The zero-order valence-electron chi connectivity index (χ0n) is 16.1. The second kappa shape index (κ2) is 8.57. The Kier molecular flexibility index (Phi) is 5.89. The second-order valence-electron chi connectivity index (χ2n) is 6.88. The molecular weight excluding hydrogens is 410 g/mol. The van der Waals surface area contributed by atoms with Crippen LogP contribution in [0.15, 0.2) is 36.4 Å². The van der Waals surface area contributed by atoms with Gasteiger partial charge in [-0.1, -0.05) is 23.7 Å². The van der Waals surface area contributed by atoms with Gasteiger partial charge in [0.1, 0.15) is 5.01 Å². The van der Waals surface area contributed by atoms with E-state index >= 15 is 0 Å². The summed E-state index contributed by atoms with van der Waals surface area (Å²) in [5.74, 6) is -0.00367. The minimum absolute atomic E-state index is 0.104. The van der Waals surface area contributed by atoms with E-state index in [0.717, 1.165) is 30.2 Å². The molecule has 1 aliphatic heterocycles. The maximum atomic E-state index is 12.9. The molecule has 1 aliphatic rings. The Morgan fingerprint density at radius 2 is 2.00 bits per heavy atom. The van der Waals surface area contributed by atoms with Crippen LogP contribution in [0, 0.1) is 0 Å². The number of carbonyl (C=O) groups is 1. The highest BCUT2D eigenvalue weighted by atomic mass is 35.5. The number of benzene rings is 2. The predicted molar refractivity (Wildman–Crippen MR) is 115 cm³/mol. The number of hydrogen-bond acceptors (Lipinski definition) is 6. The van der Waals surface area contributed by atoms with Crippen molar-refractivity contribution >= 4 is 39.1 Å². The fraction of sp³-hybridized carbons (Fsp3) is 0.333. The Balaban J connectivity index is 1.39. The van der Waals surface area contributed by atoms with E-state index in [0.29, 0.717) is 25.3 Å². The van der Waals surface area contributed by atoms with Gasteiger partial charge in [-0.3, -0.25) is 9.69 Å². The Hall–Kier alpha value is -2.35. The van der Waals surface area contributed by atoms with Crippen LogP contribution in [0.25, 0.3) is 10.2 Å². The lowest BCUT2D eigenvalue weighted by Gasteiger charge is -2.34. The first kappa shape index (κ1) is 19.9. The highest BCUT2D eigenvalue weighted by Crippen LogP contribution is 2.35. The largest absolute Gasteiger partial charge is 0.503 e. The Morgan fingerprint density at radius 3 is 2.72 bits per heavy atom. The molecule has 1 saturated heterocycles. The van der Waals surface area contributed by atoms with Crippen LogP contribution in [0.3, 0.4) is 0 Å². The van der Waals surface area contributed by atoms with Crippen LogP contribution >= 0.6 is 22.9 Å². The number of ether oxygens (including phenoxy) is 1. The van der Waals surface area contributed by atoms with E-state index in [-0.39, 0.29) is 22.4 Å². The zero-order valence-corrected chi connectivity index (χ0v) is 17.7. The number of phenols is 1. The summed E-state index contributed by atoms with van der Waals surface area (Å²) in [5, 5.41) is 11.2. The molecule has 0 atom stereocenters. The highest BCUT2D eigenvalue weighted by Gasteiger charge is 2.24. The van der Waals surface area contributed by atoms with Crippen molar-refractivity contribution in [1.29, 1.82) is 0 Å². The van der Waals surface area contributed by atoms with Crippen molar-refractivity contribution in [3.63, 3.8) is 0 Å². The molecule has 1 fully saturated rings. The van der Waals surface area contributed by atoms with E-state index in [1.807, 2.05) is 30.0 Å². The van der Waals surface area contributed by atoms with Crippen LogP contribution in [0.4, 0.5) is 0 Å². The molecule has 152 valence electrons. The Labute approximate surface area is 178 Å². The highest BCUT2D eigenvalue weighted by molar-refractivity contribution is 7.18. The summed E-state index contributed by atoms with van der Waals surface area (Å²) in [4.78, 5) is 21.7. The summed E-state index contributed by atoms with van der Waals surface area (Å²) in [7, 11) is 0. The molecule has 4 rings (SSSR count). The summed E-state index contributed by atoms with van der Waals surface area (Å²) >= 11 is 7.79. The number of hydrogen-bond donors (Lipinski definition) is 1. The normalized spacial score (nSPS) is 15.0. The van der Waals surface area contributed by atoms with Gasteiger partial charge in [-0.05, 0) is 31.2 Å². The number of amides is 1. The number of rotatable bonds is 5. The zero-order chi connectivity index (χ0) is 20.4. The summed E-state index contributed by atoms with van der Waals surface area (Å²) in [6.07, 6.45) is 0. The van der Waals surface area contributed by atoms with Crippen LogP contribution < -0.4 is 4.74 Å². The van der Waals surface area contributed by atoms with E-state index in [2.05, 4.69) is 11.0 Å². The van der Waals surface area contributed by atoms with Gasteiger partial charge in [-0.15, -0.1) is 11.3 Å². The molecule has 1 N–H and O–H groups in total. The van der Waals surface area contributed by atoms with Crippen molar-refractivity contribution in [3.05, 3.63) is 52.0 Å². The van der Waals surface area contributed by atoms with Crippen molar-refractivity contribution in [1.82, 2.24) is 14.8 Å². The number of phenolic OH excluding ortho intramolecular Hbond substituents is 1. The van der Waals surface area contributed by atoms with Gasteiger partial charge >= 0.3 is 0 Å². The van der Waals surface area contributed by atoms with E-state index in [1.165, 1.54) is 10.8 Å². The molecule has 3 aromatic rings. The fourth-order valence-corrected chi connectivity index (χ4v) is 4.65. The Morgan fingerprint density at radius 1 is 1.24 bits per heavy atom. The molecule has 6 nitrogen and oxygen atoms in total. The van der Waals surface area contributed by atoms with Gasteiger partial charge in [0.2, 0.25) is 0 Å². The lowest BCUT2D eigenvalue weighted by molar-refractivity contribution is 0.0628. The quantitative estimate of drug-likeness (QED) is 0.661. The maximum absolute atomic E-state index is 12.9. The lowest BCUT2D eigenvalue weighted by Crippen LogP contribution is -2.48. The van der Waals surface area contributed by atoms with E-state index in [4.69, 9.17) is 21.3 Å². The second-order valence-corrected chi connectivity index (χ2v) is 8.40. The number of para-hydroxylation sites is 1. The molecule has 0 unspecified atom stereocenters. The third-order valence-corrected chi connectivity index (χ3v) is 6.24. The molecule has 0 spiro atoms. The smallest absolute Gasteiger partial charge is 0.254 e. The lowest BCUT2D eigenvalue weighted by atomic mass is 10.1. The van der Waals surface area contributed by atoms with Crippen LogP contribution in [-0.2, 0) is 6.54 Å². The number of piperazine rings is 1. The van der Waals surface area contributed by atoms with Gasteiger partial charge in [0.15, 0.2) is 11.5 Å². The minimum Gasteiger partial charge on any atom is -0.503 e. The Bertz CT molecular complexity index is 998. The van der Waals surface area contributed by atoms with Crippen molar-refractivity contribution in [3.8, 4) is 11.5 Å². The number of carbonyl (C=O) groups excluding carboxylic acids is 1. The van der Waals surface area contributed by atoms with E-state index in [1.54, 1.807) is 17.4 Å². The molecule has 0 saturated carbocycles. The first-order valence-corrected chi connectivity index (χ1v) is 10.8. The molecule has 0 bridgehead atoms. The molecular formula is C21H22ClN3O3S. The predicted octanol–water partition coefficient (Wildman–Crippen LogP) is 4.01. The summed E-state index contributed by atoms with van der Waals surface area (Å²) in [6, 6.07) is 11.2. The van der Waals surface area contributed by atoms with Crippen molar-refractivity contribution in [2.45, 2.75) is 13.5 Å². The summed E-state index contributed by atoms with van der Waals surface area (Å²) in [6.45, 7) is 5.81. The van der Waals surface area contributed by atoms with Crippen LogP contribution in [0.1, 0.15) is 22.3 Å². The molecule has 2 heterocycles. The van der Waals surface area contributed by atoms with Crippen LogP contribution in [0.5, 0.6) is 11.5 Å². The number of thiazole rings is 1. The number of aromatic hydroxyl groups is 1. The van der Waals surface area contributed by atoms with Gasteiger partial charge in [0, 0.05) is 31.7 Å². The number of nitrogens with zero attached hydrogens (tertiary/aromatic N) is 3. The van der Waals surface area contributed by atoms with Crippen LogP contribution in [-0.4, -0.2) is 58.6 Å². The van der Waals surface area contributed by atoms with Crippen LogP contribution in [0.2, 0.25) is 5.02 Å². The first-order chi connectivity index (χ1) is 14.0. The molecule has 2 aromatic carbocycles. The molecule has 8 heteroatoms. The summed E-state index contributed by atoms with van der Waals surface area (Å²) < 4.78 is 6.58. The maximum Gasteiger partial charge on any atom is 0.254 e. The van der Waals surface area contributed by atoms with Gasteiger partial charge in [-0.2, -0.15) is 0 Å². The van der Waals surface area contributed by atoms with E-state index in [9.17, 15) is 9.90 Å². The SMILES string of the molecule is CCOc1cc(C(=O)N2CCN(Cc3nc4ccccc4s3)CC2)cc(Cl)c1O. The topological polar surface area (TPSA) is 65.9 Å². The van der Waals surface area contributed by atoms with E-state index < -0.39 is 0 Å². The van der Waals surface area contributed by atoms with Gasteiger partial charge in [-0.25, -0.2) is 4.98 Å². The minimum atomic E-state index is -0.134. The number of aromatic nitrogens is 1. The molecule has 1 aromatic heterocycles.